The van der Waals surface area contributed by atoms with E-state index in [0.29, 0.717) is 17.9 Å². The molecule has 2 rings (SSSR count). The second-order valence-corrected chi connectivity index (χ2v) is 5.02. The lowest BCUT2D eigenvalue weighted by Crippen LogP contribution is -2.29. The third-order valence-electron chi connectivity index (χ3n) is 3.28. The number of aliphatic hydroxyl groups excluding tert-OH is 1. The highest BCUT2D eigenvalue weighted by molar-refractivity contribution is 5.90. The van der Waals surface area contributed by atoms with Crippen LogP contribution in [0, 0.1) is 0 Å². The lowest BCUT2D eigenvalue weighted by atomic mass is 10.0. The van der Waals surface area contributed by atoms with Crippen molar-refractivity contribution >= 4 is 16.7 Å². The molecule has 0 aliphatic rings. The van der Waals surface area contributed by atoms with Crippen LogP contribution in [0.15, 0.2) is 36.4 Å². The fourth-order valence-corrected chi connectivity index (χ4v) is 2.20. The molecule has 0 saturated carbocycles. The minimum atomic E-state index is -0.650. The van der Waals surface area contributed by atoms with E-state index in [1.807, 2.05) is 43.3 Å². The summed E-state index contributed by atoms with van der Waals surface area (Å²) in [4.78, 5) is 11.7. The Hall–Kier alpha value is -2.07. The van der Waals surface area contributed by atoms with Crippen LogP contribution in [-0.4, -0.2) is 24.2 Å². The molecule has 0 aromatic heterocycles. The first kappa shape index (κ1) is 15.3. The summed E-state index contributed by atoms with van der Waals surface area (Å²) < 4.78 is 5.70. The van der Waals surface area contributed by atoms with Crippen molar-refractivity contribution < 1.29 is 14.6 Å². The summed E-state index contributed by atoms with van der Waals surface area (Å²) in [5, 5.41) is 14.6. The standard InChI is InChI=1S/C17H21NO3/c1-3-10-18-16(20)11-21-17-14(12(2)19)9-8-13-6-4-5-7-15(13)17/h4-9,12,19H,3,10-11H2,1-2H3,(H,18,20)/t12-/m1/s1. The molecule has 0 aliphatic carbocycles. The van der Waals surface area contributed by atoms with Gasteiger partial charge in [0.2, 0.25) is 0 Å². The van der Waals surface area contributed by atoms with Crippen molar-refractivity contribution in [2.75, 3.05) is 13.2 Å². The summed E-state index contributed by atoms with van der Waals surface area (Å²) in [7, 11) is 0. The van der Waals surface area contributed by atoms with Gasteiger partial charge in [0.25, 0.3) is 5.91 Å². The molecule has 0 spiro atoms. The van der Waals surface area contributed by atoms with E-state index in [1.54, 1.807) is 6.92 Å². The van der Waals surface area contributed by atoms with Crippen LogP contribution in [0.3, 0.4) is 0 Å². The summed E-state index contributed by atoms with van der Waals surface area (Å²) in [6.45, 7) is 4.28. The number of carbonyl (C=O) groups excluding carboxylic acids is 1. The number of carbonyl (C=O) groups is 1. The average Bonchev–Trinajstić information content (AvgIpc) is 2.50. The number of ether oxygens (including phenoxy) is 1. The van der Waals surface area contributed by atoms with Gasteiger partial charge in [0.1, 0.15) is 5.75 Å². The Balaban J connectivity index is 2.27. The van der Waals surface area contributed by atoms with E-state index in [9.17, 15) is 9.90 Å². The van der Waals surface area contributed by atoms with Crippen LogP contribution in [0.25, 0.3) is 10.8 Å². The van der Waals surface area contributed by atoms with E-state index in [2.05, 4.69) is 5.32 Å². The van der Waals surface area contributed by atoms with Gasteiger partial charge in [-0.25, -0.2) is 0 Å². The molecule has 0 saturated heterocycles. The highest BCUT2D eigenvalue weighted by Gasteiger charge is 2.14. The van der Waals surface area contributed by atoms with Crippen molar-refractivity contribution in [2.45, 2.75) is 26.4 Å². The summed E-state index contributed by atoms with van der Waals surface area (Å²) >= 11 is 0. The Labute approximate surface area is 124 Å². The fraction of sp³-hybridized carbons (Fsp3) is 0.353. The molecule has 0 heterocycles. The monoisotopic (exact) mass is 287 g/mol. The number of hydrogen-bond donors (Lipinski definition) is 2. The number of fused-ring (bicyclic) bond motifs is 1. The fourth-order valence-electron chi connectivity index (χ4n) is 2.20. The molecule has 2 aromatic rings. The number of amides is 1. The van der Waals surface area contributed by atoms with Crippen LogP contribution >= 0.6 is 0 Å². The van der Waals surface area contributed by atoms with Gasteiger partial charge in [-0.2, -0.15) is 0 Å². The van der Waals surface area contributed by atoms with Gasteiger partial charge in [-0.15, -0.1) is 0 Å². The first-order chi connectivity index (χ1) is 10.1. The van der Waals surface area contributed by atoms with Crippen molar-refractivity contribution in [1.82, 2.24) is 5.32 Å². The van der Waals surface area contributed by atoms with Crippen LogP contribution in [-0.2, 0) is 4.79 Å². The zero-order valence-electron chi connectivity index (χ0n) is 12.4. The lowest BCUT2D eigenvalue weighted by molar-refractivity contribution is -0.123. The molecular formula is C17H21NO3. The molecule has 0 aliphatic heterocycles. The molecule has 0 bridgehead atoms. The third kappa shape index (κ3) is 3.73. The highest BCUT2D eigenvalue weighted by atomic mass is 16.5. The van der Waals surface area contributed by atoms with Crippen molar-refractivity contribution in [3.8, 4) is 5.75 Å². The molecular weight excluding hydrogens is 266 g/mol. The van der Waals surface area contributed by atoms with Gasteiger partial charge in [-0.1, -0.05) is 43.3 Å². The van der Waals surface area contributed by atoms with Gasteiger partial charge in [0.05, 0.1) is 6.10 Å². The van der Waals surface area contributed by atoms with Crippen LogP contribution in [0.2, 0.25) is 0 Å². The zero-order chi connectivity index (χ0) is 15.2. The van der Waals surface area contributed by atoms with Crippen molar-refractivity contribution in [3.05, 3.63) is 42.0 Å². The molecule has 1 atom stereocenters. The zero-order valence-corrected chi connectivity index (χ0v) is 12.4. The van der Waals surface area contributed by atoms with Gasteiger partial charge in [0, 0.05) is 17.5 Å². The predicted octanol–water partition coefficient (Wildman–Crippen LogP) is 2.80. The van der Waals surface area contributed by atoms with Gasteiger partial charge in [-0.3, -0.25) is 4.79 Å². The number of rotatable bonds is 6. The highest BCUT2D eigenvalue weighted by Crippen LogP contribution is 2.33. The maximum atomic E-state index is 11.7. The van der Waals surface area contributed by atoms with E-state index < -0.39 is 6.10 Å². The molecule has 0 unspecified atom stereocenters. The molecule has 0 radical (unpaired) electrons. The second kappa shape index (κ2) is 7.09. The van der Waals surface area contributed by atoms with E-state index in [4.69, 9.17) is 4.74 Å². The molecule has 112 valence electrons. The summed E-state index contributed by atoms with van der Waals surface area (Å²) in [5.74, 6) is 0.427. The van der Waals surface area contributed by atoms with Crippen LogP contribution in [0.5, 0.6) is 5.75 Å². The second-order valence-electron chi connectivity index (χ2n) is 5.02. The normalized spacial score (nSPS) is 12.1. The number of nitrogens with one attached hydrogen (secondary N) is 1. The van der Waals surface area contributed by atoms with E-state index in [0.717, 1.165) is 17.2 Å². The molecule has 2 aromatic carbocycles. The third-order valence-corrected chi connectivity index (χ3v) is 3.28. The number of benzene rings is 2. The Morgan fingerprint density at radius 2 is 2.05 bits per heavy atom. The topological polar surface area (TPSA) is 58.6 Å². The van der Waals surface area contributed by atoms with Crippen molar-refractivity contribution in [1.29, 1.82) is 0 Å². The molecule has 21 heavy (non-hydrogen) atoms. The Morgan fingerprint density at radius 3 is 2.76 bits per heavy atom. The van der Waals surface area contributed by atoms with Crippen molar-refractivity contribution in [2.24, 2.45) is 0 Å². The first-order valence-corrected chi connectivity index (χ1v) is 7.22. The Morgan fingerprint density at radius 1 is 1.29 bits per heavy atom. The molecule has 0 fully saturated rings. The molecule has 1 amide bonds. The van der Waals surface area contributed by atoms with E-state index >= 15 is 0 Å². The van der Waals surface area contributed by atoms with Crippen molar-refractivity contribution in [3.63, 3.8) is 0 Å². The van der Waals surface area contributed by atoms with E-state index in [1.165, 1.54) is 0 Å². The SMILES string of the molecule is CCCNC(=O)COc1c([C@@H](C)O)ccc2ccccc12. The molecule has 4 nitrogen and oxygen atoms in total. The largest absolute Gasteiger partial charge is 0.483 e. The minimum absolute atomic E-state index is 0.0479. The van der Waals surface area contributed by atoms with Gasteiger partial charge in [-0.05, 0) is 18.7 Å². The quantitative estimate of drug-likeness (QED) is 0.859. The Kier molecular flexibility index (Phi) is 5.17. The van der Waals surface area contributed by atoms with Crippen LogP contribution in [0.4, 0.5) is 0 Å². The summed E-state index contributed by atoms with van der Waals surface area (Å²) in [6, 6.07) is 11.6. The van der Waals surface area contributed by atoms with E-state index in [-0.39, 0.29) is 12.5 Å². The Bertz CT molecular complexity index is 622. The summed E-state index contributed by atoms with van der Waals surface area (Å²) in [5.41, 5.74) is 0.692. The van der Waals surface area contributed by atoms with Gasteiger partial charge < -0.3 is 15.2 Å². The van der Waals surface area contributed by atoms with Gasteiger partial charge in [0.15, 0.2) is 6.61 Å². The van der Waals surface area contributed by atoms with Crippen LogP contribution in [0.1, 0.15) is 31.9 Å². The first-order valence-electron chi connectivity index (χ1n) is 7.22. The predicted molar refractivity (Wildman–Crippen MR) is 83.4 cm³/mol. The maximum absolute atomic E-state index is 11.7. The number of aliphatic hydroxyl groups is 1. The average molecular weight is 287 g/mol. The van der Waals surface area contributed by atoms with Crippen LogP contribution < -0.4 is 10.1 Å². The minimum Gasteiger partial charge on any atom is -0.483 e. The number of hydrogen-bond acceptors (Lipinski definition) is 3. The maximum Gasteiger partial charge on any atom is 0.257 e. The summed E-state index contributed by atoms with van der Waals surface area (Å²) in [6.07, 6.45) is 0.238. The van der Waals surface area contributed by atoms with Gasteiger partial charge >= 0.3 is 0 Å². The molecule has 4 heteroatoms. The smallest absolute Gasteiger partial charge is 0.257 e. The molecule has 2 N–H and O–H groups in total. The lowest BCUT2D eigenvalue weighted by Gasteiger charge is -2.16.